The predicted molar refractivity (Wildman–Crippen MR) is 84.4 cm³/mol. The number of hydrogen-bond acceptors (Lipinski definition) is 5. The largest absolute Gasteiger partial charge is 0.326 e. The van der Waals surface area contributed by atoms with Crippen molar-refractivity contribution in [3.8, 4) is 0 Å². The van der Waals surface area contributed by atoms with Gasteiger partial charge in [-0.1, -0.05) is 0 Å². The summed E-state index contributed by atoms with van der Waals surface area (Å²) in [5.74, 6) is 0.956. The van der Waals surface area contributed by atoms with Gasteiger partial charge in [0.1, 0.15) is 0 Å². The van der Waals surface area contributed by atoms with Gasteiger partial charge in [-0.3, -0.25) is 0 Å². The number of sulfonamides is 1. The maximum Gasteiger partial charge on any atom is 0.244 e. The molecule has 1 aromatic rings. The fourth-order valence-electron chi connectivity index (χ4n) is 1.74. The van der Waals surface area contributed by atoms with E-state index in [1.54, 1.807) is 24.9 Å². The van der Waals surface area contributed by atoms with E-state index in [1.807, 2.05) is 20.1 Å². The molecule has 0 aromatic carbocycles. The summed E-state index contributed by atoms with van der Waals surface area (Å²) < 4.78 is 26.6. The van der Waals surface area contributed by atoms with Crippen LogP contribution in [0.1, 0.15) is 23.1 Å². The summed E-state index contributed by atoms with van der Waals surface area (Å²) in [6.07, 6.45) is 2.88. The molecule has 1 heterocycles. The molecule has 1 rings (SSSR count). The summed E-state index contributed by atoms with van der Waals surface area (Å²) in [6.45, 7) is 4.16. The molecule has 1 unspecified atom stereocenters. The number of rotatable bonds is 7. The first-order chi connectivity index (χ1) is 8.84. The zero-order chi connectivity index (χ0) is 14.6. The molecule has 110 valence electrons. The molecule has 1 aromatic heterocycles. The molecule has 0 aliphatic carbocycles. The van der Waals surface area contributed by atoms with Gasteiger partial charge >= 0.3 is 0 Å². The van der Waals surface area contributed by atoms with Gasteiger partial charge in [0.05, 0.1) is 4.90 Å². The second-order valence-electron chi connectivity index (χ2n) is 4.49. The zero-order valence-corrected chi connectivity index (χ0v) is 14.3. The standard InChI is InChI=1S/C12H22N2O2S3/c1-9(5-6-17-4)14(3)19(15,16)12-7-11(8-13)18-10(12)2/h7,9H,5-6,8,13H2,1-4H3. The minimum atomic E-state index is -3.41. The molecule has 1 atom stereocenters. The molecule has 4 nitrogen and oxygen atoms in total. The van der Waals surface area contributed by atoms with Crippen molar-refractivity contribution in [1.82, 2.24) is 4.31 Å². The second-order valence-corrected chi connectivity index (χ2v) is 8.78. The Hall–Kier alpha value is -0.0800. The first-order valence-electron chi connectivity index (χ1n) is 6.11. The van der Waals surface area contributed by atoms with Crippen molar-refractivity contribution in [2.75, 3.05) is 19.1 Å². The van der Waals surface area contributed by atoms with E-state index >= 15 is 0 Å². The molecule has 0 aliphatic heterocycles. The average Bonchev–Trinajstić information content (AvgIpc) is 2.76. The topological polar surface area (TPSA) is 63.4 Å². The van der Waals surface area contributed by atoms with E-state index in [0.29, 0.717) is 11.4 Å². The summed E-state index contributed by atoms with van der Waals surface area (Å²) in [6, 6.07) is 1.70. The molecule has 0 aliphatic rings. The number of nitrogens with two attached hydrogens (primary N) is 1. The Morgan fingerprint density at radius 2 is 2.16 bits per heavy atom. The molecule has 0 bridgehead atoms. The highest BCUT2D eigenvalue weighted by Gasteiger charge is 2.27. The Kier molecular flexibility index (Phi) is 6.32. The molecule has 0 fully saturated rings. The smallest absolute Gasteiger partial charge is 0.244 e. The molecule has 19 heavy (non-hydrogen) atoms. The number of thiophene rings is 1. The average molecular weight is 323 g/mol. The van der Waals surface area contributed by atoms with E-state index < -0.39 is 10.0 Å². The Morgan fingerprint density at radius 1 is 1.53 bits per heavy atom. The van der Waals surface area contributed by atoms with Gasteiger partial charge in [0.25, 0.3) is 0 Å². The Labute approximate surface area is 124 Å². The van der Waals surface area contributed by atoms with Crippen molar-refractivity contribution in [3.63, 3.8) is 0 Å². The lowest BCUT2D eigenvalue weighted by atomic mass is 10.3. The van der Waals surface area contributed by atoms with Crippen LogP contribution in [0, 0.1) is 6.92 Å². The van der Waals surface area contributed by atoms with Crippen LogP contribution in [0.25, 0.3) is 0 Å². The maximum absolute atomic E-state index is 12.6. The van der Waals surface area contributed by atoms with Crippen LogP contribution in [0.2, 0.25) is 0 Å². The van der Waals surface area contributed by atoms with E-state index in [4.69, 9.17) is 5.73 Å². The summed E-state index contributed by atoms with van der Waals surface area (Å²) in [4.78, 5) is 2.11. The zero-order valence-electron chi connectivity index (χ0n) is 11.8. The normalized spacial score (nSPS) is 14.0. The lowest BCUT2D eigenvalue weighted by molar-refractivity contribution is 0.382. The molecule has 0 amide bonds. The van der Waals surface area contributed by atoms with Crippen LogP contribution in [-0.4, -0.2) is 37.8 Å². The van der Waals surface area contributed by atoms with Crippen LogP contribution in [0.3, 0.4) is 0 Å². The summed E-state index contributed by atoms with van der Waals surface area (Å²) in [7, 11) is -1.76. The third-order valence-electron chi connectivity index (χ3n) is 3.14. The highest BCUT2D eigenvalue weighted by Crippen LogP contribution is 2.28. The first-order valence-corrected chi connectivity index (χ1v) is 9.76. The fourth-order valence-corrected chi connectivity index (χ4v) is 5.19. The van der Waals surface area contributed by atoms with Crippen molar-refractivity contribution in [3.05, 3.63) is 15.8 Å². The van der Waals surface area contributed by atoms with Crippen LogP contribution >= 0.6 is 23.1 Å². The van der Waals surface area contributed by atoms with E-state index in [2.05, 4.69) is 0 Å². The first kappa shape index (κ1) is 17.0. The SMILES string of the molecule is CSCCC(C)N(C)S(=O)(=O)c1cc(CN)sc1C. The van der Waals surface area contributed by atoms with E-state index in [-0.39, 0.29) is 6.04 Å². The monoisotopic (exact) mass is 322 g/mol. The van der Waals surface area contributed by atoms with Gasteiger partial charge in [0.15, 0.2) is 0 Å². The van der Waals surface area contributed by atoms with Crippen LogP contribution in [0.5, 0.6) is 0 Å². The van der Waals surface area contributed by atoms with Crippen LogP contribution < -0.4 is 5.73 Å². The molecule has 7 heteroatoms. The molecule has 0 saturated heterocycles. The van der Waals surface area contributed by atoms with Crippen LogP contribution in [-0.2, 0) is 16.6 Å². The molecule has 0 spiro atoms. The molecule has 0 radical (unpaired) electrons. The van der Waals surface area contributed by atoms with Gasteiger partial charge < -0.3 is 5.73 Å². The van der Waals surface area contributed by atoms with Crippen LogP contribution in [0.15, 0.2) is 11.0 Å². The van der Waals surface area contributed by atoms with Crippen molar-refractivity contribution in [1.29, 1.82) is 0 Å². The fraction of sp³-hybridized carbons (Fsp3) is 0.667. The maximum atomic E-state index is 12.6. The Morgan fingerprint density at radius 3 is 2.63 bits per heavy atom. The van der Waals surface area contributed by atoms with Gasteiger partial charge in [-0.15, -0.1) is 11.3 Å². The predicted octanol–water partition coefficient (Wildman–Crippen LogP) is 2.28. The highest BCUT2D eigenvalue weighted by molar-refractivity contribution is 7.98. The van der Waals surface area contributed by atoms with Gasteiger partial charge in [-0.25, -0.2) is 8.42 Å². The van der Waals surface area contributed by atoms with E-state index in [0.717, 1.165) is 21.9 Å². The summed E-state index contributed by atoms with van der Waals surface area (Å²) in [5.41, 5.74) is 5.58. The minimum Gasteiger partial charge on any atom is -0.326 e. The van der Waals surface area contributed by atoms with Gasteiger partial charge in [-0.2, -0.15) is 16.1 Å². The van der Waals surface area contributed by atoms with E-state index in [9.17, 15) is 8.42 Å². The Bertz CT molecular complexity index is 511. The van der Waals surface area contributed by atoms with Gasteiger partial charge in [0, 0.05) is 29.4 Å². The van der Waals surface area contributed by atoms with Crippen molar-refractivity contribution < 1.29 is 8.42 Å². The van der Waals surface area contributed by atoms with Crippen molar-refractivity contribution in [2.24, 2.45) is 5.73 Å². The lowest BCUT2D eigenvalue weighted by Crippen LogP contribution is -2.35. The molecule has 2 N–H and O–H groups in total. The molecular formula is C12H22N2O2S3. The minimum absolute atomic E-state index is 0.00178. The Balaban J connectivity index is 2.99. The quantitative estimate of drug-likeness (QED) is 0.836. The van der Waals surface area contributed by atoms with Crippen molar-refractivity contribution >= 4 is 33.1 Å². The summed E-state index contributed by atoms with van der Waals surface area (Å²) in [5, 5.41) is 0. The van der Waals surface area contributed by atoms with Crippen LogP contribution in [0.4, 0.5) is 0 Å². The number of thioether (sulfide) groups is 1. The second kappa shape index (κ2) is 7.08. The highest BCUT2D eigenvalue weighted by atomic mass is 32.2. The molecular weight excluding hydrogens is 300 g/mol. The number of hydrogen-bond donors (Lipinski definition) is 1. The number of nitrogens with zero attached hydrogens (tertiary/aromatic N) is 1. The number of aryl methyl sites for hydroxylation is 1. The van der Waals surface area contributed by atoms with E-state index in [1.165, 1.54) is 15.6 Å². The van der Waals surface area contributed by atoms with Gasteiger partial charge in [0.2, 0.25) is 10.0 Å². The summed E-state index contributed by atoms with van der Waals surface area (Å²) >= 11 is 3.18. The van der Waals surface area contributed by atoms with Gasteiger partial charge in [-0.05, 0) is 38.3 Å². The third kappa shape index (κ3) is 3.95. The lowest BCUT2D eigenvalue weighted by Gasteiger charge is -2.24. The van der Waals surface area contributed by atoms with Crippen molar-refractivity contribution in [2.45, 2.75) is 37.8 Å². The molecule has 0 saturated carbocycles. The third-order valence-corrected chi connectivity index (χ3v) is 7.09.